The molecule has 282 valence electrons. The predicted molar refractivity (Wildman–Crippen MR) is 183 cm³/mol. The zero-order chi connectivity index (χ0) is 35.7. The monoisotopic (exact) mass is 775 g/mol. The van der Waals surface area contributed by atoms with Crippen molar-refractivity contribution in [2.24, 2.45) is 0 Å². The Balaban J connectivity index is 1.06. The number of piperidine rings is 1. The van der Waals surface area contributed by atoms with E-state index in [1.165, 1.54) is 0 Å². The molecule has 0 spiro atoms. The molecule has 2 aliphatic heterocycles. The van der Waals surface area contributed by atoms with Gasteiger partial charge in [0.05, 0.1) is 130 Å². The van der Waals surface area contributed by atoms with Gasteiger partial charge in [-0.3, -0.25) is 29.4 Å². The Morgan fingerprint density at radius 1 is 0.620 bits per heavy atom. The van der Waals surface area contributed by atoms with E-state index in [9.17, 15) is 19.2 Å². The summed E-state index contributed by atoms with van der Waals surface area (Å²) in [6.07, 6.45) is 0.174. The van der Waals surface area contributed by atoms with E-state index in [0.29, 0.717) is 131 Å². The van der Waals surface area contributed by atoms with Gasteiger partial charge in [-0.05, 0) is 18.6 Å². The number of carbonyl (C=O) groups excluding carboxylic acids is 4. The van der Waals surface area contributed by atoms with Gasteiger partial charge in [0, 0.05) is 24.0 Å². The van der Waals surface area contributed by atoms with Crippen molar-refractivity contribution in [1.29, 1.82) is 0 Å². The Kier molecular flexibility index (Phi) is 21.9. The summed E-state index contributed by atoms with van der Waals surface area (Å²) in [6.45, 7) is 9.09. The van der Waals surface area contributed by atoms with Crippen LogP contribution in [0.15, 0.2) is 18.2 Å². The molecule has 3 rings (SSSR count). The van der Waals surface area contributed by atoms with Crippen LogP contribution in [0.3, 0.4) is 0 Å². The van der Waals surface area contributed by atoms with Crippen molar-refractivity contribution in [2.75, 3.05) is 136 Å². The Morgan fingerprint density at radius 3 is 1.50 bits per heavy atom. The van der Waals surface area contributed by atoms with Crippen LogP contribution in [0, 0.1) is 0 Å². The molecule has 0 radical (unpaired) electrons. The minimum Gasteiger partial charge on any atom is -0.382 e. The largest absolute Gasteiger partial charge is 0.382 e. The van der Waals surface area contributed by atoms with Gasteiger partial charge in [-0.2, -0.15) is 0 Å². The summed E-state index contributed by atoms with van der Waals surface area (Å²) < 4.78 is 49.1. The van der Waals surface area contributed by atoms with E-state index in [4.69, 9.17) is 42.6 Å². The first-order valence-corrected chi connectivity index (χ1v) is 18.0. The zero-order valence-corrected chi connectivity index (χ0v) is 30.1. The molecular formula is C33H50BrN3O13. The van der Waals surface area contributed by atoms with E-state index in [1.807, 2.05) is 0 Å². The molecule has 0 saturated carbocycles. The van der Waals surface area contributed by atoms with E-state index < -0.39 is 29.7 Å². The molecule has 2 heterocycles. The van der Waals surface area contributed by atoms with Crippen LogP contribution in [0.25, 0.3) is 0 Å². The lowest BCUT2D eigenvalue weighted by atomic mass is 10.0. The molecule has 2 aliphatic rings. The van der Waals surface area contributed by atoms with Gasteiger partial charge in [0.1, 0.15) is 6.04 Å². The van der Waals surface area contributed by atoms with Crippen LogP contribution in [0.4, 0.5) is 5.69 Å². The van der Waals surface area contributed by atoms with Crippen LogP contribution in [-0.4, -0.2) is 165 Å². The number of benzene rings is 1. The summed E-state index contributed by atoms with van der Waals surface area (Å²) in [4.78, 5) is 50.8. The molecule has 4 amide bonds. The van der Waals surface area contributed by atoms with E-state index in [2.05, 4.69) is 26.6 Å². The highest BCUT2D eigenvalue weighted by atomic mass is 79.9. The van der Waals surface area contributed by atoms with Gasteiger partial charge in [-0.1, -0.05) is 22.0 Å². The van der Waals surface area contributed by atoms with Crippen LogP contribution in [0.1, 0.15) is 33.6 Å². The number of anilines is 1. The Bertz CT molecular complexity index is 1160. The third kappa shape index (κ3) is 15.8. The normalized spacial score (nSPS) is 15.9. The van der Waals surface area contributed by atoms with E-state index >= 15 is 0 Å². The first kappa shape index (κ1) is 41.8. The van der Waals surface area contributed by atoms with Gasteiger partial charge in [0.25, 0.3) is 11.8 Å². The highest BCUT2D eigenvalue weighted by Crippen LogP contribution is 2.32. The lowest BCUT2D eigenvalue weighted by Crippen LogP contribution is -2.54. The molecule has 1 aromatic rings. The maximum Gasteiger partial charge on any atom is 0.264 e. The highest BCUT2D eigenvalue weighted by Gasteiger charge is 2.45. The first-order valence-electron chi connectivity index (χ1n) is 16.9. The molecule has 1 unspecified atom stereocenters. The number of imide groups is 2. The smallest absolute Gasteiger partial charge is 0.264 e. The lowest BCUT2D eigenvalue weighted by Gasteiger charge is -2.27. The number of ether oxygens (including phenoxy) is 9. The van der Waals surface area contributed by atoms with Crippen molar-refractivity contribution in [3.05, 3.63) is 29.3 Å². The number of hydrogen-bond acceptors (Lipinski definition) is 14. The molecule has 50 heavy (non-hydrogen) atoms. The fourth-order valence-corrected chi connectivity index (χ4v) is 5.06. The van der Waals surface area contributed by atoms with Crippen LogP contribution in [-0.2, 0) is 52.2 Å². The van der Waals surface area contributed by atoms with Gasteiger partial charge in [0.2, 0.25) is 11.8 Å². The third-order valence-electron chi connectivity index (χ3n) is 7.23. The standard InChI is InChI=1S/C33H50BrN3O13/c34-6-8-42-10-12-44-14-16-46-18-20-48-22-24-50-25-23-49-21-19-47-17-15-45-13-11-43-9-7-35-27-3-1-2-26-30(27)33(41)37(32(26)40)28-4-5-29(38)36-31(28)39/h1-3,28,35H,4-25H2,(H,36,38,39). The fourth-order valence-electron chi connectivity index (χ4n) is 4.84. The van der Waals surface area contributed by atoms with Crippen LogP contribution >= 0.6 is 15.9 Å². The second-order valence-electron chi connectivity index (χ2n) is 10.8. The molecule has 17 heteroatoms. The van der Waals surface area contributed by atoms with Gasteiger partial charge >= 0.3 is 0 Å². The second kappa shape index (κ2) is 26.2. The maximum atomic E-state index is 13.1. The van der Waals surface area contributed by atoms with Crippen molar-refractivity contribution < 1.29 is 61.8 Å². The van der Waals surface area contributed by atoms with E-state index in [1.54, 1.807) is 18.2 Å². The summed E-state index contributed by atoms with van der Waals surface area (Å²) >= 11 is 3.29. The van der Waals surface area contributed by atoms with Gasteiger partial charge in [0.15, 0.2) is 0 Å². The van der Waals surface area contributed by atoms with Gasteiger partial charge < -0.3 is 47.9 Å². The quantitative estimate of drug-likeness (QED) is 0.0621. The Labute approximate surface area is 301 Å². The molecule has 1 saturated heterocycles. The van der Waals surface area contributed by atoms with Gasteiger partial charge in [-0.25, -0.2) is 0 Å². The molecule has 2 N–H and O–H groups in total. The molecule has 0 bridgehead atoms. The third-order valence-corrected chi connectivity index (χ3v) is 7.55. The van der Waals surface area contributed by atoms with Gasteiger partial charge in [-0.15, -0.1) is 0 Å². The van der Waals surface area contributed by atoms with Crippen molar-refractivity contribution in [1.82, 2.24) is 10.2 Å². The van der Waals surface area contributed by atoms with Crippen molar-refractivity contribution in [2.45, 2.75) is 18.9 Å². The summed E-state index contributed by atoms with van der Waals surface area (Å²) in [5.74, 6) is -2.16. The average Bonchev–Trinajstić information content (AvgIpc) is 3.36. The number of rotatable bonds is 31. The minimum atomic E-state index is -1.01. The minimum absolute atomic E-state index is 0.0677. The van der Waals surface area contributed by atoms with Crippen molar-refractivity contribution in [3.63, 3.8) is 0 Å². The number of nitrogens with one attached hydrogen (secondary N) is 2. The molecule has 1 fully saturated rings. The first-order chi connectivity index (χ1) is 24.5. The molecule has 1 atom stereocenters. The van der Waals surface area contributed by atoms with Crippen LogP contribution < -0.4 is 10.6 Å². The second-order valence-corrected chi connectivity index (χ2v) is 11.6. The zero-order valence-electron chi connectivity index (χ0n) is 28.5. The number of nitrogens with zero attached hydrogens (tertiary/aromatic N) is 1. The SMILES string of the molecule is O=C1CCC(N2C(=O)c3cccc(NCCOCCOCCOCCOCCOCCOCCOCCOCCOCCBr)c3C2=O)C(=O)N1. The van der Waals surface area contributed by atoms with Crippen molar-refractivity contribution >= 4 is 45.2 Å². The topological polar surface area (TPSA) is 179 Å². The van der Waals surface area contributed by atoms with E-state index in [-0.39, 0.29) is 24.0 Å². The average molecular weight is 777 g/mol. The van der Waals surface area contributed by atoms with E-state index in [0.717, 1.165) is 10.2 Å². The highest BCUT2D eigenvalue weighted by molar-refractivity contribution is 9.09. The number of fused-ring (bicyclic) bond motifs is 1. The Morgan fingerprint density at radius 2 is 1.06 bits per heavy atom. The molecule has 0 aliphatic carbocycles. The number of carbonyl (C=O) groups is 4. The summed E-state index contributed by atoms with van der Waals surface area (Å²) in [7, 11) is 0. The Hall–Kier alpha value is -2.58. The van der Waals surface area contributed by atoms with Crippen LogP contribution in [0.5, 0.6) is 0 Å². The van der Waals surface area contributed by atoms with Crippen molar-refractivity contribution in [3.8, 4) is 0 Å². The number of hydrogen-bond donors (Lipinski definition) is 2. The number of alkyl halides is 1. The van der Waals surface area contributed by atoms with Crippen LogP contribution in [0.2, 0.25) is 0 Å². The summed E-state index contributed by atoms with van der Waals surface area (Å²) in [6, 6.07) is 3.91. The number of amides is 4. The summed E-state index contributed by atoms with van der Waals surface area (Å²) in [5.41, 5.74) is 0.913. The maximum absolute atomic E-state index is 13.1. The molecular weight excluding hydrogens is 726 g/mol. The molecule has 16 nitrogen and oxygen atoms in total. The summed E-state index contributed by atoms with van der Waals surface area (Å²) in [5, 5.41) is 6.15. The fraction of sp³-hybridized carbons (Fsp3) is 0.697. The molecule has 1 aromatic carbocycles. The predicted octanol–water partition coefficient (Wildman–Crippen LogP) is 1.04. The molecule has 0 aromatic heterocycles. The lowest BCUT2D eigenvalue weighted by molar-refractivity contribution is -0.136. The number of halogens is 1.